The maximum atomic E-state index is 2.38. The number of fused-ring (bicyclic) bond motifs is 6. The van der Waals surface area contributed by atoms with Gasteiger partial charge in [-0.1, -0.05) is 109 Å². The molecule has 0 spiro atoms. The van der Waals surface area contributed by atoms with Gasteiger partial charge in [0, 0.05) is 36.6 Å². The van der Waals surface area contributed by atoms with Crippen molar-refractivity contribution >= 4 is 53.3 Å². The summed E-state index contributed by atoms with van der Waals surface area (Å²) in [6, 6.07) is 50.5. The van der Waals surface area contributed by atoms with E-state index in [2.05, 4.69) is 144 Å². The molecular weight excluding hydrogens is 478 g/mol. The van der Waals surface area contributed by atoms with Crippen molar-refractivity contribution in [1.82, 2.24) is 4.57 Å². The van der Waals surface area contributed by atoms with Crippen LogP contribution in [0.1, 0.15) is 0 Å². The predicted octanol–water partition coefficient (Wildman–Crippen LogP) is 10.5. The molecule has 6 aromatic carbocycles. The number of aromatic nitrogens is 1. The molecule has 0 bridgehead atoms. The van der Waals surface area contributed by atoms with Crippen molar-refractivity contribution in [2.75, 3.05) is 0 Å². The van der Waals surface area contributed by atoms with Crippen molar-refractivity contribution < 1.29 is 0 Å². The highest BCUT2D eigenvalue weighted by Crippen LogP contribution is 2.44. The minimum absolute atomic E-state index is 1.19. The van der Waals surface area contributed by atoms with Gasteiger partial charge in [0.1, 0.15) is 0 Å². The molecule has 2 aromatic heterocycles. The van der Waals surface area contributed by atoms with Crippen molar-refractivity contribution in [3.05, 3.63) is 140 Å². The SMILES string of the molecule is c1ccc(-c2cccc3c2sc2c(-c4ccc5c(c4)c4ccccc4n5-c4ccccc4)cccc23)cc1. The fourth-order valence-electron chi connectivity index (χ4n) is 5.89. The second-order valence-electron chi connectivity index (χ2n) is 9.75. The van der Waals surface area contributed by atoms with Crippen LogP contribution in [0.25, 0.3) is 69.9 Å². The number of hydrogen-bond acceptors (Lipinski definition) is 1. The summed E-state index contributed by atoms with van der Waals surface area (Å²) in [6.07, 6.45) is 0. The Hall–Kier alpha value is -4.66. The zero-order valence-corrected chi connectivity index (χ0v) is 21.5. The lowest BCUT2D eigenvalue weighted by molar-refractivity contribution is 1.18. The van der Waals surface area contributed by atoms with Crippen LogP contribution >= 0.6 is 11.3 Å². The van der Waals surface area contributed by atoms with Gasteiger partial charge < -0.3 is 4.57 Å². The molecule has 2 heterocycles. The van der Waals surface area contributed by atoms with E-state index in [0.29, 0.717) is 0 Å². The molecule has 38 heavy (non-hydrogen) atoms. The summed E-state index contributed by atoms with van der Waals surface area (Å²) in [5, 5.41) is 5.22. The van der Waals surface area contributed by atoms with Crippen LogP contribution in [0, 0.1) is 0 Å². The molecule has 0 amide bonds. The smallest absolute Gasteiger partial charge is 0.0541 e. The molecule has 0 saturated heterocycles. The van der Waals surface area contributed by atoms with E-state index in [1.807, 2.05) is 11.3 Å². The summed E-state index contributed by atoms with van der Waals surface area (Å²) in [5.74, 6) is 0. The third kappa shape index (κ3) is 3.17. The van der Waals surface area contributed by atoms with Crippen molar-refractivity contribution in [1.29, 1.82) is 0 Å². The van der Waals surface area contributed by atoms with Crippen LogP contribution < -0.4 is 0 Å². The van der Waals surface area contributed by atoms with Crippen LogP contribution in [-0.4, -0.2) is 4.57 Å². The topological polar surface area (TPSA) is 4.93 Å². The summed E-state index contributed by atoms with van der Waals surface area (Å²) < 4.78 is 5.07. The maximum absolute atomic E-state index is 2.38. The van der Waals surface area contributed by atoms with E-state index in [9.17, 15) is 0 Å². The summed E-state index contributed by atoms with van der Waals surface area (Å²) in [5.41, 5.74) is 8.77. The number of hydrogen-bond donors (Lipinski definition) is 0. The first-order valence-electron chi connectivity index (χ1n) is 13.0. The lowest BCUT2D eigenvalue weighted by atomic mass is 9.99. The Bertz CT molecular complexity index is 2110. The molecule has 0 aliphatic heterocycles. The first-order valence-corrected chi connectivity index (χ1v) is 13.8. The van der Waals surface area contributed by atoms with E-state index in [1.54, 1.807) is 0 Å². The molecule has 0 aliphatic carbocycles. The molecule has 0 unspecified atom stereocenters. The van der Waals surface area contributed by atoms with Crippen LogP contribution in [0.15, 0.2) is 140 Å². The van der Waals surface area contributed by atoms with Crippen molar-refractivity contribution in [2.45, 2.75) is 0 Å². The van der Waals surface area contributed by atoms with Crippen LogP contribution in [0.4, 0.5) is 0 Å². The molecule has 0 saturated carbocycles. The van der Waals surface area contributed by atoms with Gasteiger partial charge in [-0.05, 0) is 52.6 Å². The highest BCUT2D eigenvalue weighted by molar-refractivity contribution is 7.26. The maximum Gasteiger partial charge on any atom is 0.0541 e. The van der Waals surface area contributed by atoms with Gasteiger partial charge in [-0.15, -0.1) is 11.3 Å². The fourth-order valence-corrected chi connectivity index (χ4v) is 7.26. The molecule has 8 rings (SSSR count). The second kappa shape index (κ2) is 8.44. The van der Waals surface area contributed by atoms with Crippen molar-refractivity contribution in [3.8, 4) is 27.9 Å². The third-order valence-corrected chi connectivity index (χ3v) is 8.90. The van der Waals surface area contributed by atoms with Crippen LogP contribution in [0.3, 0.4) is 0 Å². The van der Waals surface area contributed by atoms with Gasteiger partial charge in [-0.25, -0.2) is 0 Å². The Balaban J connectivity index is 1.38. The molecule has 0 atom stereocenters. The molecule has 8 aromatic rings. The number of nitrogens with zero attached hydrogens (tertiary/aromatic N) is 1. The Labute approximate surface area is 224 Å². The third-order valence-electron chi connectivity index (χ3n) is 7.61. The Morgan fingerprint density at radius 2 is 0.974 bits per heavy atom. The molecule has 0 radical (unpaired) electrons. The Morgan fingerprint density at radius 3 is 1.71 bits per heavy atom. The van der Waals surface area contributed by atoms with E-state index in [1.165, 1.54) is 69.9 Å². The first-order chi connectivity index (χ1) is 18.9. The summed E-state index contributed by atoms with van der Waals surface area (Å²) in [6.45, 7) is 0. The summed E-state index contributed by atoms with van der Waals surface area (Å²) in [4.78, 5) is 0. The lowest BCUT2D eigenvalue weighted by Gasteiger charge is -2.08. The Morgan fingerprint density at radius 1 is 0.395 bits per heavy atom. The minimum Gasteiger partial charge on any atom is -0.309 e. The highest BCUT2D eigenvalue weighted by Gasteiger charge is 2.16. The van der Waals surface area contributed by atoms with Crippen LogP contribution in [0.2, 0.25) is 0 Å². The summed E-state index contributed by atoms with van der Waals surface area (Å²) >= 11 is 1.91. The Kier molecular flexibility index (Phi) is 4.76. The van der Waals surface area contributed by atoms with Crippen molar-refractivity contribution in [3.63, 3.8) is 0 Å². The van der Waals surface area contributed by atoms with Gasteiger partial charge >= 0.3 is 0 Å². The monoisotopic (exact) mass is 501 g/mol. The average molecular weight is 502 g/mol. The van der Waals surface area contributed by atoms with Gasteiger partial charge in [0.25, 0.3) is 0 Å². The molecule has 178 valence electrons. The lowest BCUT2D eigenvalue weighted by Crippen LogP contribution is -1.92. The first kappa shape index (κ1) is 21.4. The fraction of sp³-hybridized carbons (Fsp3) is 0. The zero-order chi connectivity index (χ0) is 25.1. The standard InChI is InChI=1S/C36H23NS/c1-3-11-24(12-4-1)27-16-9-18-30-31-19-10-17-28(36(31)38-35(27)30)25-21-22-34-32(23-25)29-15-7-8-20-33(29)37(34)26-13-5-2-6-14-26/h1-23H. The molecular formula is C36H23NS. The highest BCUT2D eigenvalue weighted by atomic mass is 32.1. The number of thiophene rings is 1. The van der Waals surface area contributed by atoms with Gasteiger partial charge in [-0.3, -0.25) is 0 Å². The van der Waals surface area contributed by atoms with E-state index in [-0.39, 0.29) is 0 Å². The quantitative estimate of drug-likeness (QED) is 0.227. The number of rotatable bonds is 3. The van der Waals surface area contributed by atoms with E-state index in [4.69, 9.17) is 0 Å². The average Bonchev–Trinajstić information content (AvgIpc) is 3.54. The molecule has 0 fully saturated rings. The van der Waals surface area contributed by atoms with Crippen molar-refractivity contribution in [2.24, 2.45) is 0 Å². The molecule has 1 nitrogen and oxygen atoms in total. The largest absolute Gasteiger partial charge is 0.309 e. The van der Waals surface area contributed by atoms with Crippen LogP contribution in [0.5, 0.6) is 0 Å². The van der Waals surface area contributed by atoms with Gasteiger partial charge in [-0.2, -0.15) is 0 Å². The molecule has 0 aliphatic rings. The van der Waals surface area contributed by atoms with Crippen LogP contribution in [-0.2, 0) is 0 Å². The van der Waals surface area contributed by atoms with Gasteiger partial charge in [0.15, 0.2) is 0 Å². The second-order valence-corrected chi connectivity index (χ2v) is 10.8. The summed E-state index contributed by atoms with van der Waals surface area (Å²) in [7, 11) is 0. The molecule has 0 N–H and O–H groups in total. The van der Waals surface area contributed by atoms with Gasteiger partial charge in [0.05, 0.1) is 11.0 Å². The number of benzene rings is 6. The molecule has 2 heteroatoms. The van der Waals surface area contributed by atoms with Gasteiger partial charge in [0.2, 0.25) is 0 Å². The zero-order valence-electron chi connectivity index (χ0n) is 20.6. The predicted molar refractivity (Wildman–Crippen MR) is 165 cm³/mol. The van der Waals surface area contributed by atoms with E-state index < -0.39 is 0 Å². The minimum atomic E-state index is 1.19. The van der Waals surface area contributed by atoms with E-state index in [0.717, 1.165) is 0 Å². The normalized spacial score (nSPS) is 11.7. The van der Waals surface area contributed by atoms with E-state index >= 15 is 0 Å². The number of para-hydroxylation sites is 2.